The fraction of sp³-hybridized carbons (Fsp3) is 0.200. The van der Waals surface area contributed by atoms with Crippen LogP contribution in [-0.2, 0) is 0 Å². The van der Waals surface area contributed by atoms with Gasteiger partial charge in [0.2, 0.25) is 0 Å². The number of aryl methyl sites for hydroxylation is 1. The molecule has 0 amide bonds. The van der Waals surface area contributed by atoms with E-state index in [1.165, 1.54) is 13.1 Å². The lowest BCUT2D eigenvalue weighted by Gasteiger charge is -2.19. The van der Waals surface area contributed by atoms with E-state index in [4.69, 9.17) is 0 Å². The van der Waals surface area contributed by atoms with Gasteiger partial charge in [-0.25, -0.2) is 17.6 Å². The molecule has 0 fully saturated rings. The number of nitrogens with one attached hydrogen (secondary N) is 1. The highest BCUT2D eigenvalue weighted by molar-refractivity contribution is 5.35. The molecule has 0 spiro atoms. The van der Waals surface area contributed by atoms with E-state index in [0.29, 0.717) is 0 Å². The van der Waals surface area contributed by atoms with Gasteiger partial charge in [-0.1, -0.05) is 17.7 Å². The fourth-order valence-corrected chi connectivity index (χ4v) is 2.13. The summed E-state index contributed by atoms with van der Waals surface area (Å²) in [5, 5.41) is 2.78. The lowest BCUT2D eigenvalue weighted by atomic mass is 9.96. The third-order valence-electron chi connectivity index (χ3n) is 3.09. The van der Waals surface area contributed by atoms with Crippen LogP contribution in [0.4, 0.5) is 17.6 Å². The molecule has 2 aromatic carbocycles. The van der Waals surface area contributed by atoms with E-state index < -0.39 is 29.3 Å². The Morgan fingerprint density at radius 1 is 0.900 bits per heavy atom. The van der Waals surface area contributed by atoms with Crippen molar-refractivity contribution in [2.45, 2.75) is 13.0 Å². The van der Waals surface area contributed by atoms with Crippen molar-refractivity contribution in [3.05, 3.63) is 70.3 Å². The minimum Gasteiger partial charge on any atom is -0.309 e. The highest BCUT2D eigenvalue weighted by Crippen LogP contribution is 2.27. The van der Waals surface area contributed by atoms with Crippen LogP contribution in [0.1, 0.15) is 22.7 Å². The number of benzene rings is 2. The average Bonchev–Trinajstić information content (AvgIpc) is 2.40. The van der Waals surface area contributed by atoms with Gasteiger partial charge in [0, 0.05) is 5.56 Å². The molecule has 0 aliphatic rings. The van der Waals surface area contributed by atoms with Gasteiger partial charge in [0.1, 0.15) is 5.82 Å². The first-order valence-corrected chi connectivity index (χ1v) is 6.01. The standard InChI is InChI=1S/C15H13F4N/c1-8-3-4-11(16)10(5-8)15(20-2)9-6-12(17)14(19)13(18)7-9/h3-7,15,20H,1-2H3. The van der Waals surface area contributed by atoms with Crippen LogP contribution in [0.25, 0.3) is 0 Å². The number of hydrogen-bond acceptors (Lipinski definition) is 1. The predicted octanol–water partition coefficient (Wildman–Crippen LogP) is 3.86. The summed E-state index contributed by atoms with van der Waals surface area (Å²) in [5.41, 5.74) is 1.18. The van der Waals surface area contributed by atoms with Crippen LogP contribution in [0.3, 0.4) is 0 Å². The van der Waals surface area contributed by atoms with Crippen molar-refractivity contribution < 1.29 is 17.6 Å². The van der Waals surface area contributed by atoms with Crippen molar-refractivity contribution in [2.75, 3.05) is 7.05 Å². The summed E-state index contributed by atoms with van der Waals surface area (Å²) >= 11 is 0. The van der Waals surface area contributed by atoms with Crippen molar-refractivity contribution in [1.29, 1.82) is 0 Å². The first kappa shape index (κ1) is 14.5. The summed E-state index contributed by atoms with van der Waals surface area (Å²) < 4.78 is 53.4. The van der Waals surface area contributed by atoms with Gasteiger partial charge in [-0.3, -0.25) is 0 Å². The molecule has 0 heterocycles. The number of halogens is 4. The molecule has 0 saturated heterocycles. The highest BCUT2D eigenvalue weighted by atomic mass is 19.2. The Bertz CT molecular complexity index is 617. The maximum atomic E-state index is 13.9. The van der Waals surface area contributed by atoms with Gasteiger partial charge in [0.25, 0.3) is 0 Å². The second kappa shape index (κ2) is 5.63. The lowest BCUT2D eigenvalue weighted by molar-refractivity contribution is 0.442. The van der Waals surface area contributed by atoms with E-state index in [-0.39, 0.29) is 11.1 Å². The normalized spacial score (nSPS) is 12.5. The molecule has 2 aromatic rings. The Morgan fingerprint density at radius 3 is 2.05 bits per heavy atom. The van der Waals surface area contributed by atoms with Crippen molar-refractivity contribution in [1.82, 2.24) is 5.32 Å². The Morgan fingerprint density at radius 2 is 1.50 bits per heavy atom. The zero-order valence-electron chi connectivity index (χ0n) is 11.0. The van der Waals surface area contributed by atoms with Crippen LogP contribution in [-0.4, -0.2) is 7.05 Å². The molecule has 1 atom stereocenters. The molecular formula is C15H13F4N. The minimum atomic E-state index is -1.53. The second-order valence-electron chi connectivity index (χ2n) is 4.55. The quantitative estimate of drug-likeness (QED) is 0.666. The molecule has 5 heteroatoms. The molecule has 0 saturated carbocycles. The van der Waals surface area contributed by atoms with Gasteiger partial charge in [-0.15, -0.1) is 0 Å². The molecule has 0 bridgehead atoms. The average molecular weight is 283 g/mol. The molecule has 1 N–H and O–H groups in total. The molecule has 106 valence electrons. The topological polar surface area (TPSA) is 12.0 Å². The van der Waals surface area contributed by atoms with E-state index in [9.17, 15) is 17.6 Å². The molecule has 0 radical (unpaired) electrons. The summed E-state index contributed by atoms with van der Waals surface area (Å²) in [6.45, 7) is 1.78. The largest absolute Gasteiger partial charge is 0.309 e. The molecular weight excluding hydrogens is 270 g/mol. The first-order chi connectivity index (χ1) is 9.43. The van der Waals surface area contributed by atoms with E-state index in [1.807, 2.05) is 0 Å². The Labute approximate surface area is 114 Å². The van der Waals surface area contributed by atoms with Crippen LogP contribution < -0.4 is 5.32 Å². The van der Waals surface area contributed by atoms with Gasteiger partial charge in [-0.05, 0) is 37.7 Å². The zero-order valence-corrected chi connectivity index (χ0v) is 11.0. The molecule has 1 nitrogen and oxygen atoms in total. The van der Waals surface area contributed by atoms with Crippen molar-refractivity contribution in [3.63, 3.8) is 0 Å². The summed E-state index contributed by atoms with van der Waals surface area (Å²) in [5.74, 6) is -4.63. The Kier molecular flexibility index (Phi) is 4.09. The number of hydrogen-bond donors (Lipinski definition) is 1. The van der Waals surface area contributed by atoms with Crippen LogP contribution >= 0.6 is 0 Å². The molecule has 20 heavy (non-hydrogen) atoms. The second-order valence-corrected chi connectivity index (χ2v) is 4.55. The van der Waals surface area contributed by atoms with Gasteiger partial charge in [0.15, 0.2) is 17.5 Å². The van der Waals surface area contributed by atoms with Gasteiger partial charge < -0.3 is 5.32 Å². The fourth-order valence-electron chi connectivity index (χ4n) is 2.13. The minimum absolute atomic E-state index is 0.119. The highest BCUT2D eigenvalue weighted by Gasteiger charge is 2.20. The zero-order chi connectivity index (χ0) is 14.9. The number of rotatable bonds is 3. The maximum Gasteiger partial charge on any atom is 0.194 e. The van der Waals surface area contributed by atoms with Gasteiger partial charge in [-0.2, -0.15) is 0 Å². The van der Waals surface area contributed by atoms with Crippen LogP contribution in [0.2, 0.25) is 0 Å². The molecule has 1 unspecified atom stereocenters. The van der Waals surface area contributed by atoms with Gasteiger partial charge >= 0.3 is 0 Å². The van der Waals surface area contributed by atoms with Gasteiger partial charge in [0.05, 0.1) is 6.04 Å². The summed E-state index contributed by atoms with van der Waals surface area (Å²) in [6, 6.07) is 5.42. The lowest BCUT2D eigenvalue weighted by Crippen LogP contribution is -2.20. The molecule has 0 aliphatic heterocycles. The molecule has 0 aromatic heterocycles. The van der Waals surface area contributed by atoms with Crippen molar-refractivity contribution >= 4 is 0 Å². The van der Waals surface area contributed by atoms with E-state index in [0.717, 1.165) is 17.7 Å². The summed E-state index contributed by atoms with van der Waals surface area (Å²) in [6.07, 6.45) is 0. The summed E-state index contributed by atoms with van der Waals surface area (Å²) in [4.78, 5) is 0. The Balaban J connectivity index is 2.55. The summed E-state index contributed by atoms with van der Waals surface area (Å²) in [7, 11) is 1.53. The molecule has 0 aliphatic carbocycles. The SMILES string of the molecule is CNC(c1cc(F)c(F)c(F)c1)c1cc(C)ccc1F. The van der Waals surface area contributed by atoms with Crippen molar-refractivity contribution in [2.24, 2.45) is 0 Å². The van der Waals surface area contributed by atoms with E-state index in [2.05, 4.69) is 5.32 Å². The maximum absolute atomic E-state index is 13.9. The van der Waals surface area contributed by atoms with Crippen LogP contribution in [0.15, 0.2) is 30.3 Å². The predicted molar refractivity (Wildman–Crippen MR) is 68.4 cm³/mol. The van der Waals surface area contributed by atoms with E-state index >= 15 is 0 Å². The van der Waals surface area contributed by atoms with Crippen molar-refractivity contribution in [3.8, 4) is 0 Å². The van der Waals surface area contributed by atoms with Crippen LogP contribution in [0.5, 0.6) is 0 Å². The van der Waals surface area contributed by atoms with Crippen LogP contribution in [0, 0.1) is 30.2 Å². The smallest absolute Gasteiger partial charge is 0.194 e. The molecule has 2 rings (SSSR count). The third-order valence-corrected chi connectivity index (χ3v) is 3.09. The third kappa shape index (κ3) is 2.67. The first-order valence-electron chi connectivity index (χ1n) is 6.01. The monoisotopic (exact) mass is 283 g/mol. The Hall–Kier alpha value is -1.88. The van der Waals surface area contributed by atoms with E-state index in [1.54, 1.807) is 19.1 Å².